The average Bonchev–Trinajstić information content (AvgIpc) is 2.80. The van der Waals surface area contributed by atoms with Crippen LogP contribution in [0.2, 0.25) is 0 Å². The number of aromatic nitrogens is 2. The molecular weight excluding hydrogens is 460 g/mol. The zero-order valence-corrected chi connectivity index (χ0v) is 18.5. The number of benzene rings is 3. The van der Waals surface area contributed by atoms with Gasteiger partial charge in [0.25, 0.3) is 5.56 Å². The molecule has 31 heavy (non-hydrogen) atoms. The first-order valence-corrected chi connectivity index (χ1v) is 10.5. The van der Waals surface area contributed by atoms with E-state index in [9.17, 15) is 9.90 Å². The predicted molar refractivity (Wildman–Crippen MR) is 124 cm³/mol. The molecule has 4 rings (SSSR count). The second-order valence-electron chi connectivity index (χ2n) is 7.03. The number of hydrogen-bond acceptors (Lipinski definition) is 5. The highest BCUT2D eigenvalue weighted by atomic mass is 79.9. The zero-order chi connectivity index (χ0) is 21.8. The first kappa shape index (κ1) is 21.1. The molecule has 4 aromatic rings. The maximum absolute atomic E-state index is 13.0. The van der Waals surface area contributed by atoms with Crippen molar-refractivity contribution in [2.75, 3.05) is 13.7 Å². The first-order valence-electron chi connectivity index (χ1n) is 9.76. The number of hydrogen-bond donors (Lipinski definition) is 1. The van der Waals surface area contributed by atoms with E-state index in [1.807, 2.05) is 42.5 Å². The Labute approximate surface area is 187 Å². The molecule has 0 spiro atoms. The summed E-state index contributed by atoms with van der Waals surface area (Å²) in [7, 11) is 1.59. The summed E-state index contributed by atoms with van der Waals surface area (Å²) >= 11 is 3.44. The van der Waals surface area contributed by atoms with E-state index < -0.39 is 6.10 Å². The monoisotopic (exact) mass is 480 g/mol. The molecule has 1 aromatic heterocycles. The Kier molecular flexibility index (Phi) is 6.34. The molecular formula is C24H21BrN2O4. The van der Waals surface area contributed by atoms with Crippen LogP contribution in [-0.2, 0) is 6.54 Å². The lowest BCUT2D eigenvalue weighted by Crippen LogP contribution is -2.32. The van der Waals surface area contributed by atoms with Gasteiger partial charge < -0.3 is 14.6 Å². The van der Waals surface area contributed by atoms with Crippen LogP contribution in [0.5, 0.6) is 11.5 Å². The van der Waals surface area contributed by atoms with Crippen LogP contribution in [0.3, 0.4) is 0 Å². The molecule has 6 nitrogen and oxygen atoms in total. The van der Waals surface area contributed by atoms with Gasteiger partial charge in [0, 0.05) is 15.4 Å². The molecule has 0 amide bonds. The quantitative estimate of drug-likeness (QED) is 0.427. The van der Waals surface area contributed by atoms with E-state index in [4.69, 9.17) is 9.47 Å². The Morgan fingerprint density at radius 2 is 1.61 bits per heavy atom. The molecule has 0 radical (unpaired) electrons. The molecule has 1 unspecified atom stereocenters. The van der Waals surface area contributed by atoms with Crippen molar-refractivity contribution < 1.29 is 14.6 Å². The number of halogens is 1. The fraction of sp³-hybridized carbons (Fsp3) is 0.167. The van der Waals surface area contributed by atoms with E-state index in [-0.39, 0.29) is 18.7 Å². The molecule has 158 valence electrons. The second-order valence-corrected chi connectivity index (χ2v) is 7.94. The van der Waals surface area contributed by atoms with Crippen molar-refractivity contribution in [2.45, 2.75) is 12.6 Å². The highest BCUT2D eigenvalue weighted by Gasteiger charge is 2.15. The van der Waals surface area contributed by atoms with Crippen molar-refractivity contribution in [3.05, 3.63) is 87.6 Å². The van der Waals surface area contributed by atoms with Gasteiger partial charge in [-0.1, -0.05) is 46.3 Å². The number of fused-ring (bicyclic) bond motifs is 1. The van der Waals surface area contributed by atoms with Gasteiger partial charge in [-0.25, -0.2) is 4.68 Å². The molecule has 0 fully saturated rings. The van der Waals surface area contributed by atoms with Gasteiger partial charge in [0.2, 0.25) is 0 Å². The largest absolute Gasteiger partial charge is 0.497 e. The highest BCUT2D eigenvalue weighted by Crippen LogP contribution is 2.26. The van der Waals surface area contributed by atoms with Crippen LogP contribution in [0, 0.1) is 0 Å². The van der Waals surface area contributed by atoms with Gasteiger partial charge >= 0.3 is 0 Å². The topological polar surface area (TPSA) is 73.6 Å². The van der Waals surface area contributed by atoms with Crippen LogP contribution in [0.25, 0.3) is 22.0 Å². The van der Waals surface area contributed by atoms with Crippen molar-refractivity contribution in [1.29, 1.82) is 0 Å². The highest BCUT2D eigenvalue weighted by molar-refractivity contribution is 9.10. The smallest absolute Gasteiger partial charge is 0.274 e. The fourth-order valence-electron chi connectivity index (χ4n) is 3.30. The van der Waals surface area contributed by atoms with Crippen LogP contribution in [-0.4, -0.2) is 34.7 Å². The summed E-state index contributed by atoms with van der Waals surface area (Å²) in [6.07, 6.45) is -0.911. The molecule has 1 N–H and O–H groups in total. The van der Waals surface area contributed by atoms with E-state index in [1.165, 1.54) is 4.68 Å². The van der Waals surface area contributed by atoms with E-state index in [0.29, 0.717) is 16.8 Å². The zero-order valence-electron chi connectivity index (χ0n) is 16.9. The summed E-state index contributed by atoms with van der Waals surface area (Å²) in [5.41, 5.74) is 1.32. The molecule has 0 aliphatic carbocycles. The Balaban J connectivity index is 1.60. The molecule has 0 aliphatic heterocycles. The van der Waals surface area contributed by atoms with Crippen LogP contribution >= 0.6 is 15.9 Å². The molecule has 1 heterocycles. The third kappa shape index (κ3) is 4.78. The fourth-order valence-corrected chi connectivity index (χ4v) is 3.56. The standard InChI is InChI=1S/C24H21BrN2O4/c1-30-19-10-12-20(13-11-19)31-15-18(28)14-27-24(29)22-5-3-2-4-21(22)23(26-27)16-6-8-17(25)9-7-16/h2-13,18,28H,14-15H2,1H3. The van der Waals surface area contributed by atoms with Crippen LogP contribution in [0.1, 0.15) is 0 Å². The summed E-state index contributed by atoms with van der Waals surface area (Å²) < 4.78 is 13.0. The third-order valence-electron chi connectivity index (χ3n) is 4.87. The lowest BCUT2D eigenvalue weighted by Gasteiger charge is -2.15. The molecule has 1 atom stereocenters. The molecule has 0 saturated heterocycles. The number of aliphatic hydroxyl groups excluding tert-OH is 1. The van der Waals surface area contributed by atoms with Gasteiger partial charge in [-0.3, -0.25) is 4.79 Å². The van der Waals surface area contributed by atoms with Gasteiger partial charge in [0.1, 0.15) is 24.2 Å². The Bertz CT molecular complexity index is 1240. The normalized spacial score (nSPS) is 12.0. The summed E-state index contributed by atoms with van der Waals surface area (Å²) in [5.74, 6) is 1.33. The Morgan fingerprint density at radius 1 is 0.968 bits per heavy atom. The maximum Gasteiger partial charge on any atom is 0.274 e. The minimum absolute atomic E-state index is 0.0172. The lowest BCUT2D eigenvalue weighted by molar-refractivity contribution is 0.0882. The van der Waals surface area contributed by atoms with Gasteiger partial charge in [0.05, 0.1) is 24.7 Å². The minimum Gasteiger partial charge on any atom is -0.497 e. The molecule has 3 aromatic carbocycles. The van der Waals surface area contributed by atoms with E-state index in [0.717, 1.165) is 21.2 Å². The number of rotatable bonds is 7. The van der Waals surface area contributed by atoms with Crippen molar-refractivity contribution in [1.82, 2.24) is 9.78 Å². The number of nitrogens with zero attached hydrogens (tertiary/aromatic N) is 2. The van der Waals surface area contributed by atoms with Gasteiger partial charge in [-0.2, -0.15) is 5.10 Å². The van der Waals surface area contributed by atoms with E-state index in [2.05, 4.69) is 21.0 Å². The SMILES string of the molecule is COc1ccc(OCC(O)Cn2nc(-c3ccc(Br)cc3)c3ccccc3c2=O)cc1. The van der Waals surface area contributed by atoms with Crippen LogP contribution < -0.4 is 15.0 Å². The van der Waals surface area contributed by atoms with Crippen LogP contribution in [0.4, 0.5) is 0 Å². The molecule has 7 heteroatoms. The van der Waals surface area contributed by atoms with Crippen molar-refractivity contribution in [3.8, 4) is 22.8 Å². The molecule has 0 bridgehead atoms. The number of ether oxygens (including phenoxy) is 2. The summed E-state index contributed by atoms with van der Waals surface area (Å²) in [4.78, 5) is 13.0. The van der Waals surface area contributed by atoms with Crippen molar-refractivity contribution in [2.24, 2.45) is 0 Å². The predicted octanol–water partition coefficient (Wildman–Crippen LogP) is 4.27. The summed E-state index contributed by atoms with van der Waals surface area (Å²) in [6, 6.07) is 22.2. The van der Waals surface area contributed by atoms with Gasteiger partial charge in [-0.15, -0.1) is 0 Å². The second kappa shape index (κ2) is 9.32. The lowest BCUT2D eigenvalue weighted by atomic mass is 10.1. The average molecular weight is 481 g/mol. The van der Waals surface area contributed by atoms with Gasteiger partial charge in [0.15, 0.2) is 0 Å². The number of methoxy groups -OCH3 is 1. The van der Waals surface area contributed by atoms with Crippen molar-refractivity contribution in [3.63, 3.8) is 0 Å². The Hall–Kier alpha value is -3.16. The van der Waals surface area contributed by atoms with Gasteiger partial charge in [-0.05, 0) is 42.5 Å². The van der Waals surface area contributed by atoms with Crippen molar-refractivity contribution >= 4 is 26.7 Å². The van der Waals surface area contributed by atoms with Crippen LogP contribution in [0.15, 0.2) is 82.1 Å². The maximum atomic E-state index is 13.0. The molecule has 0 aliphatic rings. The minimum atomic E-state index is -0.911. The van der Waals surface area contributed by atoms with E-state index >= 15 is 0 Å². The van der Waals surface area contributed by atoms with E-state index in [1.54, 1.807) is 37.4 Å². The summed E-state index contributed by atoms with van der Waals surface area (Å²) in [5, 5.41) is 16.4. The first-order chi connectivity index (χ1) is 15.0. The molecule has 0 saturated carbocycles. The summed E-state index contributed by atoms with van der Waals surface area (Å²) in [6.45, 7) is 0.0459. The Morgan fingerprint density at radius 3 is 2.29 bits per heavy atom. The third-order valence-corrected chi connectivity index (χ3v) is 5.40. The number of aliphatic hydroxyl groups is 1.